The summed E-state index contributed by atoms with van der Waals surface area (Å²) in [5.74, 6) is -0.184. The summed E-state index contributed by atoms with van der Waals surface area (Å²) in [4.78, 5) is 14.4. The second-order valence-electron chi connectivity index (χ2n) is 5.49. The predicted octanol–water partition coefficient (Wildman–Crippen LogP) is 2.57. The first-order valence-electron chi connectivity index (χ1n) is 7.37. The summed E-state index contributed by atoms with van der Waals surface area (Å²) >= 11 is 0. The van der Waals surface area contributed by atoms with Crippen molar-refractivity contribution in [1.82, 2.24) is 0 Å². The molecule has 0 fully saturated rings. The molecular weight excluding hydrogens is 310 g/mol. The lowest BCUT2D eigenvalue weighted by molar-refractivity contribution is -0.118. The smallest absolute Gasteiger partial charge is 0.231 e. The van der Waals surface area contributed by atoms with E-state index in [1.165, 1.54) is 5.41 Å². The van der Waals surface area contributed by atoms with Gasteiger partial charge < -0.3 is 4.90 Å². The van der Waals surface area contributed by atoms with Gasteiger partial charge in [0.15, 0.2) is 9.84 Å². The van der Waals surface area contributed by atoms with E-state index >= 15 is 0 Å². The highest BCUT2D eigenvalue weighted by atomic mass is 32.2. The van der Waals surface area contributed by atoms with Crippen molar-refractivity contribution in [2.75, 3.05) is 10.7 Å². The van der Waals surface area contributed by atoms with Crippen LogP contribution in [-0.2, 0) is 21.1 Å². The van der Waals surface area contributed by atoms with Crippen molar-refractivity contribution < 1.29 is 13.2 Å². The minimum atomic E-state index is -3.23. The van der Waals surface area contributed by atoms with E-state index in [1.54, 1.807) is 11.0 Å². The molecular formula is C18H17NO3S. The number of hydrogen-bond donors (Lipinski definition) is 0. The molecule has 0 spiro atoms. The normalized spacial score (nSPS) is 18.7. The average molecular weight is 327 g/mol. The Morgan fingerprint density at radius 2 is 1.61 bits per heavy atom. The summed E-state index contributed by atoms with van der Waals surface area (Å²) in [7, 11) is -3.23. The van der Waals surface area contributed by atoms with Crippen LogP contribution >= 0.6 is 0 Å². The third-order valence-electron chi connectivity index (χ3n) is 3.74. The Kier molecular flexibility index (Phi) is 4.30. The fourth-order valence-corrected chi connectivity index (χ4v) is 3.95. The van der Waals surface area contributed by atoms with Crippen molar-refractivity contribution in [1.29, 1.82) is 0 Å². The third-order valence-corrected chi connectivity index (χ3v) is 5.12. The maximum absolute atomic E-state index is 12.8. The molecule has 0 aromatic heterocycles. The van der Waals surface area contributed by atoms with E-state index in [-0.39, 0.29) is 18.1 Å². The molecule has 2 aromatic rings. The molecule has 2 aromatic carbocycles. The number of anilines is 1. The molecule has 1 aliphatic rings. The number of para-hydroxylation sites is 1. The van der Waals surface area contributed by atoms with Crippen LogP contribution in [0.5, 0.6) is 0 Å². The lowest BCUT2D eigenvalue weighted by atomic mass is 10.1. The summed E-state index contributed by atoms with van der Waals surface area (Å²) < 4.78 is 23.5. The van der Waals surface area contributed by atoms with Gasteiger partial charge >= 0.3 is 0 Å². The number of sulfone groups is 1. The minimum absolute atomic E-state index is 0.0670. The molecule has 0 N–H and O–H groups in total. The van der Waals surface area contributed by atoms with E-state index in [1.807, 2.05) is 60.7 Å². The maximum atomic E-state index is 12.8. The van der Waals surface area contributed by atoms with Gasteiger partial charge in [0.1, 0.15) is 0 Å². The lowest BCUT2D eigenvalue weighted by Crippen LogP contribution is -2.42. The highest BCUT2D eigenvalue weighted by molar-refractivity contribution is 7.94. The van der Waals surface area contributed by atoms with E-state index in [0.717, 1.165) is 5.56 Å². The molecule has 1 heterocycles. The summed E-state index contributed by atoms with van der Waals surface area (Å²) in [6.07, 6.45) is 1.82. The molecule has 0 unspecified atom stereocenters. The number of amides is 1. The Labute approximate surface area is 136 Å². The molecule has 4 nitrogen and oxygen atoms in total. The van der Waals surface area contributed by atoms with Crippen molar-refractivity contribution in [2.24, 2.45) is 0 Å². The Bertz CT molecular complexity index is 814. The van der Waals surface area contributed by atoms with Gasteiger partial charge in [-0.15, -0.1) is 0 Å². The van der Waals surface area contributed by atoms with Crippen molar-refractivity contribution in [2.45, 2.75) is 12.5 Å². The van der Waals surface area contributed by atoms with Crippen LogP contribution in [-0.4, -0.2) is 26.1 Å². The van der Waals surface area contributed by atoms with Gasteiger partial charge in [0.25, 0.3) is 0 Å². The highest BCUT2D eigenvalue weighted by Gasteiger charge is 2.31. The Hall–Kier alpha value is -2.40. The van der Waals surface area contributed by atoms with Crippen LogP contribution in [0, 0.1) is 0 Å². The Morgan fingerprint density at radius 1 is 1.00 bits per heavy atom. The number of nitrogens with zero attached hydrogens (tertiary/aromatic N) is 1. The van der Waals surface area contributed by atoms with Gasteiger partial charge in [0.2, 0.25) is 5.91 Å². The second kappa shape index (κ2) is 6.38. The Balaban J connectivity index is 1.90. The monoisotopic (exact) mass is 327 g/mol. The molecule has 0 radical (unpaired) electrons. The number of carbonyl (C=O) groups is 1. The summed E-state index contributed by atoms with van der Waals surface area (Å²) in [5.41, 5.74) is 1.61. The summed E-state index contributed by atoms with van der Waals surface area (Å²) in [5, 5.41) is 1.20. The zero-order valence-electron chi connectivity index (χ0n) is 12.5. The number of hydrogen-bond acceptors (Lipinski definition) is 3. The van der Waals surface area contributed by atoms with Gasteiger partial charge in [0, 0.05) is 11.1 Å². The van der Waals surface area contributed by atoms with E-state index in [2.05, 4.69) is 0 Å². The molecule has 0 bridgehead atoms. The molecule has 1 atom stereocenters. The van der Waals surface area contributed by atoms with Crippen LogP contribution in [0.1, 0.15) is 5.56 Å². The molecule has 3 rings (SSSR count). The van der Waals surface area contributed by atoms with Crippen molar-refractivity contribution in [3.63, 3.8) is 0 Å². The molecule has 118 valence electrons. The Morgan fingerprint density at radius 3 is 2.17 bits per heavy atom. The first-order valence-corrected chi connectivity index (χ1v) is 9.09. The number of benzene rings is 2. The summed E-state index contributed by atoms with van der Waals surface area (Å²) in [6.45, 7) is 0. The van der Waals surface area contributed by atoms with Crippen molar-refractivity contribution in [3.8, 4) is 0 Å². The van der Waals surface area contributed by atoms with Crippen LogP contribution in [0.3, 0.4) is 0 Å². The topological polar surface area (TPSA) is 54.5 Å². The summed E-state index contributed by atoms with van der Waals surface area (Å²) in [6, 6.07) is 18.2. The van der Waals surface area contributed by atoms with Gasteiger partial charge in [0.05, 0.1) is 18.2 Å². The zero-order valence-corrected chi connectivity index (χ0v) is 13.3. The van der Waals surface area contributed by atoms with Gasteiger partial charge in [-0.25, -0.2) is 8.42 Å². The highest BCUT2D eigenvalue weighted by Crippen LogP contribution is 2.23. The van der Waals surface area contributed by atoms with Gasteiger partial charge in [-0.2, -0.15) is 0 Å². The van der Waals surface area contributed by atoms with Crippen LogP contribution in [0.15, 0.2) is 72.1 Å². The lowest BCUT2D eigenvalue weighted by Gasteiger charge is -2.27. The van der Waals surface area contributed by atoms with Crippen molar-refractivity contribution >= 4 is 21.4 Å². The molecule has 23 heavy (non-hydrogen) atoms. The molecule has 0 aliphatic carbocycles. The largest absolute Gasteiger partial charge is 0.304 e. The SMILES string of the molecule is O=C(Cc1ccccc1)N(c1ccccc1)[C@H]1C=CS(=O)(=O)C1. The fourth-order valence-electron chi connectivity index (χ4n) is 2.68. The van der Waals surface area contributed by atoms with Crippen molar-refractivity contribution in [3.05, 3.63) is 77.7 Å². The van der Waals surface area contributed by atoms with Gasteiger partial charge in [-0.05, 0) is 23.8 Å². The van der Waals surface area contributed by atoms with E-state index in [9.17, 15) is 13.2 Å². The second-order valence-corrected chi connectivity index (χ2v) is 7.42. The maximum Gasteiger partial charge on any atom is 0.231 e. The molecule has 0 saturated heterocycles. The van der Waals surface area contributed by atoms with Crippen LogP contribution in [0.4, 0.5) is 5.69 Å². The fraction of sp³-hybridized carbons (Fsp3) is 0.167. The number of rotatable bonds is 4. The van der Waals surface area contributed by atoms with Gasteiger partial charge in [-0.1, -0.05) is 48.5 Å². The van der Waals surface area contributed by atoms with E-state index in [0.29, 0.717) is 5.69 Å². The first kappa shape index (κ1) is 15.5. The molecule has 1 aliphatic heterocycles. The van der Waals surface area contributed by atoms with Crippen LogP contribution in [0.2, 0.25) is 0 Å². The third kappa shape index (κ3) is 3.68. The van der Waals surface area contributed by atoms with E-state index < -0.39 is 15.9 Å². The first-order chi connectivity index (χ1) is 11.1. The predicted molar refractivity (Wildman–Crippen MR) is 90.8 cm³/mol. The number of carbonyl (C=O) groups excluding carboxylic acids is 1. The molecule has 1 amide bonds. The quantitative estimate of drug-likeness (QED) is 0.867. The minimum Gasteiger partial charge on any atom is -0.304 e. The van der Waals surface area contributed by atoms with Crippen LogP contribution < -0.4 is 4.90 Å². The molecule has 0 saturated carbocycles. The van der Waals surface area contributed by atoms with E-state index in [4.69, 9.17) is 0 Å². The average Bonchev–Trinajstić information content (AvgIpc) is 2.89. The van der Waals surface area contributed by atoms with Gasteiger partial charge in [-0.3, -0.25) is 4.79 Å². The van der Waals surface area contributed by atoms with Crippen LogP contribution in [0.25, 0.3) is 0 Å². The zero-order chi connectivity index (χ0) is 16.3. The molecule has 5 heteroatoms. The standard InChI is InChI=1S/C18H17NO3S/c20-18(13-15-7-3-1-4-8-15)19(16-9-5-2-6-10-16)17-11-12-23(21,22)14-17/h1-12,17H,13-14H2/t17-/m0/s1.